The summed E-state index contributed by atoms with van der Waals surface area (Å²) in [5.41, 5.74) is 9.66. The quantitative estimate of drug-likeness (QED) is 0.751. The summed E-state index contributed by atoms with van der Waals surface area (Å²) in [6.07, 6.45) is 1.67. The van der Waals surface area contributed by atoms with Crippen LogP contribution in [0.2, 0.25) is 10.0 Å². The van der Waals surface area contributed by atoms with E-state index in [1.54, 1.807) is 18.3 Å². The Balaban J connectivity index is 2.21. The summed E-state index contributed by atoms with van der Waals surface area (Å²) < 4.78 is 5.11. The molecule has 3 rings (SSSR count). The van der Waals surface area contributed by atoms with Gasteiger partial charge in [0.1, 0.15) is 5.69 Å². The largest absolute Gasteiger partial charge is 0.367 e. The molecule has 0 aliphatic rings. The summed E-state index contributed by atoms with van der Waals surface area (Å²) in [5.74, 6) is 0.221. The molecule has 2 aromatic heterocycles. The van der Waals surface area contributed by atoms with Crippen LogP contribution >= 0.6 is 23.2 Å². The van der Waals surface area contributed by atoms with Crippen LogP contribution in [0.5, 0.6) is 0 Å². The highest BCUT2D eigenvalue weighted by Gasteiger charge is 2.20. The summed E-state index contributed by atoms with van der Waals surface area (Å²) in [4.78, 5) is 0. The number of hydrogen-bond donors (Lipinski definition) is 2. The number of nitrogens with two attached hydrogens (primary N) is 1. The molecule has 0 atom stereocenters. The Kier molecular flexibility index (Phi) is 3.16. The van der Waals surface area contributed by atoms with Crippen molar-refractivity contribution in [1.82, 2.24) is 15.4 Å². The molecule has 0 bridgehead atoms. The Bertz CT molecular complexity index is 779. The highest BCUT2D eigenvalue weighted by atomic mass is 35.5. The fourth-order valence-corrected chi connectivity index (χ4v) is 2.30. The van der Waals surface area contributed by atoms with E-state index in [0.29, 0.717) is 21.3 Å². The number of aromatic amines is 1. The number of nitrogens with zero attached hydrogens (tertiary/aromatic N) is 2. The van der Waals surface area contributed by atoms with Gasteiger partial charge in [0.2, 0.25) is 5.88 Å². The number of halogens is 2. The van der Waals surface area contributed by atoms with Crippen LogP contribution in [0.15, 0.2) is 28.9 Å². The summed E-state index contributed by atoms with van der Waals surface area (Å²) in [7, 11) is 0. The van der Waals surface area contributed by atoms with Crippen LogP contribution in [0.1, 0.15) is 5.69 Å². The Hall–Kier alpha value is -1.98. The van der Waals surface area contributed by atoms with Gasteiger partial charge in [0.15, 0.2) is 0 Å². The number of hydrogen-bond acceptors (Lipinski definition) is 4. The smallest absolute Gasteiger partial charge is 0.230 e. The third-order valence-electron chi connectivity index (χ3n) is 3.01. The predicted molar refractivity (Wildman–Crippen MR) is 78.7 cm³/mol. The van der Waals surface area contributed by atoms with E-state index in [9.17, 15) is 0 Å². The Morgan fingerprint density at radius 2 is 2.05 bits per heavy atom. The van der Waals surface area contributed by atoms with E-state index in [2.05, 4.69) is 15.4 Å². The molecule has 0 saturated heterocycles. The topological polar surface area (TPSA) is 80.7 Å². The van der Waals surface area contributed by atoms with Gasteiger partial charge in [-0.2, -0.15) is 5.10 Å². The summed E-state index contributed by atoms with van der Waals surface area (Å²) >= 11 is 12.0. The van der Waals surface area contributed by atoms with Crippen molar-refractivity contribution >= 4 is 29.1 Å². The molecular weight excluding hydrogens is 299 g/mol. The monoisotopic (exact) mass is 308 g/mol. The second kappa shape index (κ2) is 4.85. The molecule has 0 unspecified atom stereocenters. The minimum Gasteiger partial charge on any atom is -0.367 e. The highest BCUT2D eigenvalue weighted by Crippen LogP contribution is 2.38. The SMILES string of the molecule is Cc1[nH]ncc1-c1noc(N)c1-c1ccc(Cl)c(Cl)c1. The van der Waals surface area contributed by atoms with Crippen LogP contribution in [0, 0.1) is 6.92 Å². The van der Waals surface area contributed by atoms with Crippen LogP contribution in [0.4, 0.5) is 5.88 Å². The van der Waals surface area contributed by atoms with E-state index in [1.165, 1.54) is 0 Å². The molecule has 20 heavy (non-hydrogen) atoms. The van der Waals surface area contributed by atoms with Crippen LogP contribution in [0.25, 0.3) is 22.4 Å². The summed E-state index contributed by atoms with van der Waals surface area (Å²) in [6, 6.07) is 5.25. The lowest BCUT2D eigenvalue weighted by Crippen LogP contribution is -1.88. The zero-order valence-electron chi connectivity index (χ0n) is 10.4. The van der Waals surface area contributed by atoms with Crippen molar-refractivity contribution in [2.45, 2.75) is 6.92 Å². The van der Waals surface area contributed by atoms with Gasteiger partial charge in [-0.3, -0.25) is 5.10 Å². The first-order valence-corrected chi connectivity index (χ1v) is 6.54. The molecule has 0 spiro atoms. The van der Waals surface area contributed by atoms with Gasteiger partial charge in [0.25, 0.3) is 0 Å². The Morgan fingerprint density at radius 1 is 1.25 bits per heavy atom. The minimum absolute atomic E-state index is 0.221. The van der Waals surface area contributed by atoms with E-state index in [4.69, 9.17) is 33.5 Å². The van der Waals surface area contributed by atoms with Crippen molar-refractivity contribution in [3.05, 3.63) is 40.1 Å². The van der Waals surface area contributed by atoms with Gasteiger partial charge < -0.3 is 10.3 Å². The van der Waals surface area contributed by atoms with Gasteiger partial charge in [-0.1, -0.05) is 34.4 Å². The standard InChI is InChI=1S/C13H10Cl2N4O/c1-6-8(5-17-18-6)12-11(13(16)20-19-12)7-2-3-9(14)10(15)4-7/h2-5H,16H2,1H3,(H,17,18). The average Bonchev–Trinajstić information content (AvgIpc) is 2.99. The first-order valence-electron chi connectivity index (χ1n) is 5.79. The number of rotatable bonds is 2. The van der Waals surface area contributed by atoms with Gasteiger partial charge in [-0.05, 0) is 24.6 Å². The van der Waals surface area contributed by atoms with Crippen LogP contribution in [0.3, 0.4) is 0 Å². The molecule has 0 fully saturated rings. The lowest BCUT2D eigenvalue weighted by Gasteiger charge is -2.04. The van der Waals surface area contributed by atoms with Gasteiger partial charge in [0, 0.05) is 11.3 Å². The Morgan fingerprint density at radius 3 is 2.70 bits per heavy atom. The highest BCUT2D eigenvalue weighted by molar-refractivity contribution is 6.42. The molecule has 3 N–H and O–H groups in total. The molecule has 7 heteroatoms. The molecule has 102 valence electrons. The van der Waals surface area contributed by atoms with Crippen molar-refractivity contribution < 1.29 is 4.52 Å². The molecule has 1 aromatic carbocycles. The van der Waals surface area contributed by atoms with Crippen LogP contribution < -0.4 is 5.73 Å². The number of anilines is 1. The normalized spacial score (nSPS) is 10.9. The molecule has 0 aliphatic heterocycles. The van der Waals surface area contributed by atoms with E-state index >= 15 is 0 Å². The van der Waals surface area contributed by atoms with Crippen molar-refractivity contribution in [3.8, 4) is 22.4 Å². The summed E-state index contributed by atoms with van der Waals surface area (Å²) in [6.45, 7) is 1.89. The number of H-pyrrole nitrogens is 1. The van der Waals surface area contributed by atoms with E-state index < -0.39 is 0 Å². The molecule has 0 saturated carbocycles. The van der Waals surface area contributed by atoms with Gasteiger partial charge in [0.05, 0.1) is 21.8 Å². The first kappa shape index (κ1) is 13.0. The molecule has 0 radical (unpaired) electrons. The maximum Gasteiger partial charge on any atom is 0.230 e. The van der Waals surface area contributed by atoms with Crippen molar-refractivity contribution in [2.75, 3.05) is 5.73 Å². The molecule has 5 nitrogen and oxygen atoms in total. The minimum atomic E-state index is 0.221. The third-order valence-corrected chi connectivity index (χ3v) is 3.75. The van der Waals surface area contributed by atoms with E-state index in [1.807, 2.05) is 13.0 Å². The van der Waals surface area contributed by atoms with Gasteiger partial charge >= 0.3 is 0 Å². The van der Waals surface area contributed by atoms with Gasteiger partial charge in [-0.25, -0.2) is 0 Å². The molecule has 0 aliphatic carbocycles. The zero-order valence-corrected chi connectivity index (χ0v) is 12.0. The third kappa shape index (κ3) is 2.05. The van der Waals surface area contributed by atoms with E-state index in [0.717, 1.165) is 16.8 Å². The molecule has 0 amide bonds. The fourth-order valence-electron chi connectivity index (χ4n) is 2.01. The lowest BCUT2D eigenvalue weighted by atomic mass is 10.0. The maximum absolute atomic E-state index is 6.05. The average molecular weight is 309 g/mol. The van der Waals surface area contributed by atoms with Crippen LogP contribution in [-0.4, -0.2) is 15.4 Å². The second-order valence-corrected chi connectivity index (χ2v) is 5.12. The predicted octanol–water partition coefficient (Wildman–Crippen LogP) is 3.93. The first-order chi connectivity index (χ1) is 9.58. The Labute approximate surface area is 124 Å². The number of nitrogens with one attached hydrogen (secondary N) is 1. The van der Waals surface area contributed by atoms with E-state index in [-0.39, 0.29) is 5.88 Å². The summed E-state index contributed by atoms with van der Waals surface area (Å²) in [5, 5.41) is 11.8. The number of nitrogen functional groups attached to an aromatic ring is 1. The van der Waals surface area contributed by atoms with Crippen molar-refractivity contribution in [2.24, 2.45) is 0 Å². The van der Waals surface area contributed by atoms with Gasteiger partial charge in [-0.15, -0.1) is 0 Å². The fraction of sp³-hybridized carbons (Fsp3) is 0.0769. The lowest BCUT2D eigenvalue weighted by molar-refractivity contribution is 0.439. The zero-order chi connectivity index (χ0) is 14.3. The molecule has 3 aromatic rings. The maximum atomic E-state index is 6.05. The molecular formula is C13H10Cl2N4O. The number of aryl methyl sites for hydroxylation is 1. The number of benzene rings is 1. The van der Waals surface area contributed by atoms with Crippen molar-refractivity contribution in [3.63, 3.8) is 0 Å². The second-order valence-electron chi connectivity index (χ2n) is 4.31. The van der Waals surface area contributed by atoms with Crippen LogP contribution in [-0.2, 0) is 0 Å². The number of aromatic nitrogens is 3. The van der Waals surface area contributed by atoms with Crippen molar-refractivity contribution in [1.29, 1.82) is 0 Å². The molecule has 2 heterocycles.